The van der Waals surface area contributed by atoms with Crippen LogP contribution in [0.5, 0.6) is 0 Å². The molecule has 0 bridgehead atoms. The Balaban J connectivity index is 2.73. The van der Waals surface area contributed by atoms with E-state index in [0.717, 1.165) is 6.26 Å². The van der Waals surface area contributed by atoms with Gasteiger partial charge in [-0.15, -0.1) is 5.10 Å². The fourth-order valence-corrected chi connectivity index (χ4v) is 2.96. The summed E-state index contributed by atoms with van der Waals surface area (Å²) >= 11 is 0. The summed E-state index contributed by atoms with van der Waals surface area (Å²) in [6.45, 7) is 2.42. The zero-order valence-electron chi connectivity index (χ0n) is 12.0. The van der Waals surface area contributed by atoms with Crippen LogP contribution in [0.1, 0.15) is 6.92 Å². The fraction of sp³-hybridized carbons (Fsp3) is 0.308. The molecule has 0 atom stereocenters. The lowest BCUT2D eigenvalue weighted by molar-refractivity contribution is 0.602. The molecule has 0 unspecified atom stereocenters. The molecule has 0 aliphatic rings. The number of rotatable bonds is 4. The predicted molar refractivity (Wildman–Crippen MR) is 80.0 cm³/mol. The average molecular weight is 312 g/mol. The van der Waals surface area contributed by atoms with Crippen LogP contribution in [-0.4, -0.2) is 38.0 Å². The van der Waals surface area contributed by atoms with Gasteiger partial charge in [0.15, 0.2) is 20.6 Å². The van der Waals surface area contributed by atoms with Crippen molar-refractivity contribution in [2.75, 3.05) is 30.5 Å². The van der Waals surface area contributed by atoms with E-state index in [1.54, 1.807) is 18.0 Å². The van der Waals surface area contributed by atoms with E-state index in [1.807, 2.05) is 6.92 Å². The van der Waals surface area contributed by atoms with E-state index >= 15 is 0 Å². The number of aromatic nitrogens is 2. The third-order valence-electron chi connectivity index (χ3n) is 3.12. The average Bonchev–Trinajstić information content (AvgIpc) is 2.75. The molecular weight excluding hydrogens is 295 g/mol. The third-order valence-corrected chi connectivity index (χ3v) is 4.25. The molecule has 1 aromatic carbocycles. The normalized spacial score (nSPS) is 11.6. The number of nitrogens with two attached hydrogens (primary N) is 1. The molecule has 0 aliphatic carbocycles. The molecule has 0 saturated carbocycles. The van der Waals surface area contributed by atoms with Gasteiger partial charge >= 0.3 is 0 Å². The summed E-state index contributed by atoms with van der Waals surface area (Å²) in [4.78, 5) is 1.62. The Hall–Kier alpha value is -2.09. The standard InChI is InChI=1S/C13H17FN4O2S/c1-4-17(2)13-11(21(3,19)20)12(15)18(16-13)10-7-5-6-9(14)8-10/h5-8H,4,15H2,1-3H3. The summed E-state index contributed by atoms with van der Waals surface area (Å²) in [5, 5.41) is 4.23. The Morgan fingerprint density at radius 3 is 2.62 bits per heavy atom. The Bertz CT molecular complexity index is 770. The summed E-state index contributed by atoms with van der Waals surface area (Å²) in [5.74, 6) is -0.228. The van der Waals surface area contributed by atoms with Crippen molar-refractivity contribution in [1.82, 2.24) is 9.78 Å². The number of hydrogen-bond acceptors (Lipinski definition) is 5. The Labute approximate surface area is 122 Å². The Morgan fingerprint density at radius 2 is 2.10 bits per heavy atom. The summed E-state index contributed by atoms with van der Waals surface area (Å²) in [7, 11) is -1.85. The van der Waals surface area contributed by atoms with Crippen molar-refractivity contribution in [3.05, 3.63) is 30.1 Å². The number of halogens is 1. The highest BCUT2D eigenvalue weighted by atomic mass is 32.2. The first-order valence-electron chi connectivity index (χ1n) is 6.31. The lowest BCUT2D eigenvalue weighted by Crippen LogP contribution is -2.19. The summed E-state index contributed by atoms with van der Waals surface area (Å²) in [6, 6.07) is 5.65. The number of hydrogen-bond donors (Lipinski definition) is 1. The quantitative estimate of drug-likeness (QED) is 0.924. The van der Waals surface area contributed by atoms with Crippen LogP contribution >= 0.6 is 0 Å². The second-order valence-electron chi connectivity index (χ2n) is 4.72. The monoisotopic (exact) mass is 312 g/mol. The first kappa shape index (κ1) is 15.3. The van der Waals surface area contributed by atoms with Crippen molar-refractivity contribution < 1.29 is 12.8 Å². The third kappa shape index (κ3) is 2.85. The fourth-order valence-electron chi connectivity index (χ4n) is 1.96. The Kier molecular flexibility index (Phi) is 3.91. The summed E-state index contributed by atoms with van der Waals surface area (Å²) < 4.78 is 38.5. The number of nitrogens with zero attached hydrogens (tertiary/aromatic N) is 3. The van der Waals surface area contributed by atoms with Crippen LogP contribution in [0.2, 0.25) is 0 Å². The maximum atomic E-state index is 13.3. The molecule has 1 heterocycles. The Morgan fingerprint density at radius 1 is 1.43 bits per heavy atom. The highest BCUT2D eigenvalue weighted by Crippen LogP contribution is 2.31. The van der Waals surface area contributed by atoms with E-state index in [1.165, 1.54) is 22.9 Å². The molecule has 8 heteroatoms. The maximum absolute atomic E-state index is 13.3. The van der Waals surface area contributed by atoms with Crippen molar-refractivity contribution in [3.8, 4) is 5.69 Å². The van der Waals surface area contributed by atoms with Gasteiger partial charge in [-0.25, -0.2) is 17.5 Å². The van der Waals surface area contributed by atoms with Crippen LogP contribution in [0, 0.1) is 5.82 Å². The van der Waals surface area contributed by atoms with Crippen LogP contribution in [-0.2, 0) is 9.84 Å². The van der Waals surface area contributed by atoms with Gasteiger partial charge < -0.3 is 10.6 Å². The number of anilines is 2. The second-order valence-corrected chi connectivity index (χ2v) is 6.67. The molecule has 114 valence electrons. The second kappa shape index (κ2) is 5.36. The van der Waals surface area contributed by atoms with Crippen molar-refractivity contribution in [3.63, 3.8) is 0 Å². The van der Waals surface area contributed by atoms with Crippen molar-refractivity contribution in [2.24, 2.45) is 0 Å². The molecule has 21 heavy (non-hydrogen) atoms. The number of benzene rings is 1. The minimum atomic E-state index is -3.56. The molecule has 0 saturated heterocycles. The van der Waals surface area contributed by atoms with Gasteiger partial charge in [-0.2, -0.15) is 0 Å². The summed E-state index contributed by atoms with van der Waals surface area (Å²) in [5.41, 5.74) is 6.31. The predicted octanol–water partition coefficient (Wildman–Crippen LogP) is 1.45. The minimum Gasteiger partial charge on any atom is -0.382 e. The summed E-state index contributed by atoms with van der Waals surface area (Å²) in [6.07, 6.45) is 1.07. The van der Waals surface area contributed by atoms with E-state index in [0.29, 0.717) is 12.2 Å². The van der Waals surface area contributed by atoms with Crippen molar-refractivity contribution in [1.29, 1.82) is 0 Å². The SMILES string of the molecule is CCN(C)c1nn(-c2cccc(F)c2)c(N)c1S(C)(=O)=O. The first-order valence-corrected chi connectivity index (χ1v) is 8.20. The van der Waals surface area contributed by atoms with Gasteiger partial charge in [-0.3, -0.25) is 0 Å². The molecule has 0 amide bonds. The largest absolute Gasteiger partial charge is 0.382 e. The molecule has 2 rings (SSSR count). The molecule has 1 aromatic heterocycles. The van der Waals surface area contributed by atoms with Crippen LogP contribution in [0.4, 0.5) is 16.0 Å². The van der Waals surface area contributed by atoms with Crippen LogP contribution in [0.15, 0.2) is 29.2 Å². The van der Waals surface area contributed by atoms with Gasteiger partial charge in [-0.05, 0) is 25.1 Å². The molecule has 0 radical (unpaired) electrons. The maximum Gasteiger partial charge on any atom is 0.182 e. The van der Waals surface area contributed by atoms with Gasteiger partial charge in [0, 0.05) is 19.8 Å². The zero-order chi connectivity index (χ0) is 15.8. The van der Waals surface area contributed by atoms with E-state index in [-0.39, 0.29) is 16.5 Å². The topological polar surface area (TPSA) is 81.2 Å². The molecule has 6 nitrogen and oxygen atoms in total. The van der Waals surface area contributed by atoms with Crippen LogP contribution in [0.3, 0.4) is 0 Å². The van der Waals surface area contributed by atoms with Crippen LogP contribution < -0.4 is 10.6 Å². The zero-order valence-corrected chi connectivity index (χ0v) is 12.9. The highest BCUT2D eigenvalue weighted by Gasteiger charge is 2.26. The molecule has 0 fully saturated rings. The smallest absolute Gasteiger partial charge is 0.182 e. The number of nitrogen functional groups attached to an aromatic ring is 1. The van der Waals surface area contributed by atoms with Gasteiger partial charge in [0.2, 0.25) is 0 Å². The van der Waals surface area contributed by atoms with Crippen LogP contribution in [0.25, 0.3) is 5.69 Å². The minimum absolute atomic E-state index is 0.0293. The molecular formula is C13H17FN4O2S. The van der Waals surface area contributed by atoms with Crippen molar-refractivity contribution in [2.45, 2.75) is 11.8 Å². The van der Waals surface area contributed by atoms with Crippen molar-refractivity contribution >= 4 is 21.5 Å². The van der Waals surface area contributed by atoms with Gasteiger partial charge in [0.05, 0.1) is 5.69 Å². The van der Waals surface area contributed by atoms with E-state index < -0.39 is 15.7 Å². The van der Waals surface area contributed by atoms with Gasteiger partial charge in [-0.1, -0.05) is 6.07 Å². The number of sulfone groups is 1. The molecule has 0 spiro atoms. The lowest BCUT2D eigenvalue weighted by Gasteiger charge is -2.14. The van der Waals surface area contributed by atoms with Gasteiger partial charge in [0.25, 0.3) is 0 Å². The molecule has 2 aromatic rings. The van der Waals surface area contributed by atoms with E-state index in [4.69, 9.17) is 5.73 Å². The molecule has 2 N–H and O–H groups in total. The van der Waals surface area contributed by atoms with E-state index in [2.05, 4.69) is 5.10 Å². The highest BCUT2D eigenvalue weighted by molar-refractivity contribution is 7.91. The lowest BCUT2D eigenvalue weighted by atomic mass is 10.3. The first-order chi connectivity index (χ1) is 9.75. The van der Waals surface area contributed by atoms with E-state index in [9.17, 15) is 12.8 Å². The molecule has 0 aliphatic heterocycles. The van der Waals surface area contributed by atoms with Gasteiger partial charge in [0.1, 0.15) is 11.6 Å².